The summed E-state index contributed by atoms with van der Waals surface area (Å²) in [5, 5.41) is 10.8. The van der Waals surface area contributed by atoms with Gasteiger partial charge in [0, 0.05) is 0 Å². The quantitative estimate of drug-likeness (QED) is 0.218. The second-order valence-electron chi connectivity index (χ2n) is 8.93. The van der Waals surface area contributed by atoms with Crippen molar-refractivity contribution in [3.63, 3.8) is 0 Å². The summed E-state index contributed by atoms with van der Waals surface area (Å²) in [6, 6.07) is 35.2. The molecule has 6 aromatic carbocycles. The molecule has 0 radical (unpaired) electrons. The van der Waals surface area contributed by atoms with Gasteiger partial charge in [0.05, 0.1) is 0 Å². The minimum Gasteiger partial charge on any atom is -0.0616 e. The number of hydrogen-bond acceptors (Lipinski definition) is 0. The molecule has 0 N–H and O–H groups in total. The standard InChI is InChI=1S/C20H16.C12H12/c1-13-11-19-18-10-6-4-8-16(18)14(2)12-20(19)17-9-5-3-7-15(13)17;1-9-3-5-11-6-4-10(2)8-12(11)7-9/h3-12H,1-2H3;3-8H,1-2H3. The van der Waals surface area contributed by atoms with Gasteiger partial charge in [-0.15, -0.1) is 0 Å². The topological polar surface area (TPSA) is 0 Å². The number of benzene rings is 6. The second-order valence-corrected chi connectivity index (χ2v) is 8.93. The summed E-state index contributed by atoms with van der Waals surface area (Å²) in [7, 11) is 0. The van der Waals surface area contributed by atoms with E-state index in [1.165, 1.54) is 65.3 Å². The van der Waals surface area contributed by atoms with Gasteiger partial charge >= 0.3 is 0 Å². The van der Waals surface area contributed by atoms with Gasteiger partial charge in [-0.1, -0.05) is 108 Å². The molecule has 0 amide bonds. The maximum atomic E-state index is 2.33. The largest absolute Gasteiger partial charge is 0.0616 e. The molecule has 0 nitrogen and oxygen atoms in total. The lowest BCUT2D eigenvalue weighted by atomic mass is 9.92. The third-order valence-corrected chi connectivity index (χ3v) is 6.45. The molecular formula is C32H28. The molecular weight excluding hydrogens is 384 g/mol. The van der Waals surface area contributed by atoms with Crippen LogP contribution in [0, 0.1) is 27.7 Å². The molecule has 0 aliphatic rings. The van der Waals surface area contributed by atoms with Gasteiger partial charge in [0.2, 0.25) is 0 Å². The summed E-state index contributed by atoms with van der Waals surface area (Å²) in [6.07, 6.45) is 0. The summed E-state index contributed by atoms with van der Waals surface area (Å²) >= 11 is 0. The Hall–Kier alpha value is -3.64. The van der Waals surface area contributed by atoms with Crippen LogP contribution in [0.1, 0.15) is 22.3 Å². The maximum Gasteiger partial charge on any atom is -0.00961 e. The third-order valence-electron chi connectivity index (χ3n) is 6.45. The van der Waals surface area contributed by atoms with Crippen molar-refractivity contribution < 1.29 is 0 Å². The summed E-state index contributed by atoms with van der Waals surface area (Å²) in [6.45, 7) is 8.66. The molecule has 0 saturated carbocycles. The van der Waals surface area contributed by atoms with Crippen LogP contribution >= 0.6 is 0 Å². The molecule has 0 atom stereocenters. The SMILES string of the molecule is Cc1cc2c3ccccc3c(C)cc2c2ccccc12.Cc1ccc2ccc(C)cc2c1. The zero-order chi connectivity index (χ0) is 22.2. The minimum absolute atomic E-state index is 1.33. The first-order valence-electron chi connectivity index (χ1n) is 11.3. The molecule has 0 heteroatoms. The van der Waals surface area contributed by atoms with Gasteiger partial charge < -0.3 is 0 Å². The zero-order valence-corrected chi connectivity index (χ0v) is 19.2. The van der Waals surface area contributed by atoms with E-state index in [-0.39, 0.29) is 0 Å². The van der Waals surface area contributed by atoms with Crippen LogP contribution in [0.3, 0.4) is 0 Å². The molecule has 0 heterocycles. The highest BCUT2D eigenvalue weighted by atomic mass is 14.1. The van der Waals surface area contributed by atoms with Crippen LogP contribution in [-0.2, 0) is 0 Å². The number of aryl methyl sites for hydroxylation is 4. The Labute approximate surface area is 190 Å². The van der Waals surface area contributed by atoms with E-state index in [2.05, 4.69) is 125 Å². The summed E-state index contributed by atoms with van der Waals surface area (Å²) in [5.74, 6) is 0. The fourth-order valence-corrected chi connectivity index (χ4v) is 4.80. The van der Waals surface area contributed by atoms with Gasteiger partial charge in [0.1, 0.15) is 0 Å². The molecule has 0 saturated heterocycles. The van der Waals surface area contributed by atoms with Crippen molar-refractivity contribution in [3.05, 3.63) is 119 Å². The normalized spacial score (nSPS) is 11.1. The highest BCUT2D eigenvalue weighted by Gasteiger charge is 2.08. The summed E-state index contributed by atoms with van der Waals surface area (Å²) < 4.78 is 0. The molecule has 0 aromatic heterocycles. The van der Waals surface area contributed by atoms with E-state index in [0.717, 1.165) is 0 Å². The number of rotatable bonds is 0. The molecule has 156 valence electrons. The predicted molar refractivity (Wildman–Crippen MR) is 142 cm³/mol. The Morgan fingerprint density at radius 1 is 0.344 bits per heavy atom. The van der Waals surface area contributed by atoms with Crippen molar-refractivity contribution in [3.8, 4) is 0 Å². The average Bonchev–Trinajstić information content (AvgIpc) is 2.80. The first kappa shape index (κ1) is 20.3. The van der Waals surface area contributed by atoms with Crippen molar-refractivity contribution in [2.45, 2.75) is 27.7 Å². The van der Waals surface area contributed by atoms with Crippen molar-refractivity contribution in [1.29, 1.82) is 0 Å². The van der Waals surface area contributed by atoms with Gasteiger partial charge in [-0.05, 0) is 81.9 Å². The Morgan fingerprint density at radius 3 is 1.19 bits per heavy atom. The molecule has 0 fully saturated rings. The Kier molecular flexibility index (Phi) is 5.15. The van der Waals surface area contributed by atoms with Crippen molar-refractivity contribution in [2.24, 2.45) is 0 Å². The monoisotopic (exact) mass is 412 g/mol. The van der Waals surface area contributed by atoms with Crippen LogP contribution in [0.2, 0.25) is 0 Å². The zero-order valence-electron chi connectivity index (χ0n) is 19.2. The summed E-state index contributed by atoms with van der Waals surface area (Å²) in [5.41, 5.74) is 5.35. The van der Waals surface area contributed by atoms with Crippen LogP contribution in [0.15, 0.2) is 97.1 Å². The van der Waals surface area contributed by atoms with E-state index < -0.39 is 0 Å². The third kappa shape index (κ3) is 3.63. The highest BCUT2D eigenvalue weighted by Crippen LogP contribution is 2.34. The minimum atomic E-state index is 1.33. The van der Waals surface area contributed by atoms with Crippen LogP contribution in [-0.4, -0.2) is 0 Å². The van der Waals surface area contributed by atoms with E-state index in [1.54, 1.807) is 0 Å². The van der Waals surface area contributed by atoms with E-state index in [4.69, 9.17) is 0 Å². The molecule has 0 aliphatic heterocycles. The first-order chi connectivity index (χ1) is 15.5. The predicted octanol–water partition coefficient (Wildman–Crippen LogP) is 9.22. The fraction of sp³-hybridized carbons (Fsp3) is 0.125. The number of fused-ring (bicyclic) bond motifs is 6. The highest BCUT2D eigenvalue weighted by molar-refractivity contribution is 6.18. The molecule has 0 spiro atoms. The van der Waals surface area contributed by atoms with Gasteiger partial charge in [-0.25, -0.2) is 0 Å². The number of hydrogen-bond donors (Lipinski definition) is 0. The van der Waals surface area contributed by atoms with Gasteiger partial charge in [-0.3, -0.25) is 0 Å². The lowest BCUT2D eigenvalue weighted by Gasteiger charge is -2.12. The van der Waals surface area contributed by atoms with E-state index in [9.17, 15) is 0 Å². The molecule has 0 bridgehead atoms. The van der Waals surface area contributed by atoms with Crippen LogP contribution in [0.5, 0.6) is 0 Å². The van der Waals surface area contributed by atoms with E-state index in [1.807, 2.05) is 0 Å². The lowest BCUT2D eigenvalue weighted by molar-refractivity contribution is 1.47. The van der Waals surface area contributed by atoms with Gasteiger partial charge in [-0.2, -0.15) is 0 Å². The van der Waals surface area contributed by atoms with Gasteiger partial charge in [0.15, 0.2) is 0 Å². The molecule has 32 heavy (non-hydrogen) atoms. The van der Waals surface area contributed by atoms with Gasteiger partial charge in [0.25, 0.3) is 0 Å². The Balaban J connectivity index is 0.000000154. The average molecular weight is 413 g/mol. The van der Waals surface area contributed by atoms with Crippen molar-refractivity contribution in [1.82, 2.24) is 0 Å². The smallest absolute Gasteiger partial charge is 0.00961 e. The first-order valence-corrected chi connectivity index (χ1v) is 11.3. The summed E-state index contributed by atoms with van der Waals surface area (Å²) in [4.78, 5) is 0. The second kappa shape index (κ2) is 8.13. The molecule has 6 rings (SSSR count). The van der Waals surface area contributed by atoms with Crippen LogP contribution in [0.25, 0.3) is 43.1 Å². The molecule has 0 aliphatic carbocycles. The molecule has 6 aromatic rings. The van der Waals surface area contributed by atoms with Crippen molar-refractivity contribution in [2.75, 3.05) is 0 Å². The van der Waals surface area contributed by atoms with Crippen LogP contribution < -0.4 is 0 Å². The fourth-order valence-electron chi connectivity index (χ4n) is 4.80. The van der Waals surface area contributed by atoms with Crippen molar-refractivity contribution >= 4 is 43.1 Å². The van der Waals surface area contributed by atoms with E-state index >= 15 is 0 Å². The Bertz CT molecular complexity index is 1480. The Morgan fingerprint density at radius 2 is 0.750 bits per heavy atom. The maximum absolute atomic E-state index is 2.33. The molecule has 0 unspecified atom stereocenters. The van der Waals surface area contributed by atoms with Crippen LogP contribution in [0.4, 0.5) is 0 Å². The van der Waals surface area contributed by atoms with E-state index in [0.29, 0.717) is 0 Å². The lowest BCUT2D eigenvalue weighted by Crippen LogP contribution is -1.86.